The van der Waals surface area contributed by atoms with E-state index in [9.17, 15) is 18.0 Å². The zero-order valence-corrected chi connectivity index (χ0v) is 18.8. The minimum absolute atomic E-state index is 0.0286. The van der Waals surface area contributed by atoms with Gasteiger partial charge in [0.1, 0.15) is 6.26 Å². The number of carbonyl (C=O) groups is 1. The van der Waals surface area contributed by atoms with Gasteiger partial charge in [-0.1, -0.05) is 48.5 Å². The van der Waals surface area contributed by atoms with Crippen LogP contribution in [0.5, 0.6) is 0 Å². The fourth-order valence-electron chi connectivity index (χ4n) is 4.01. The largest absolute Gasteiger partial charge is 0.447 e. The molecule has 1 aliphatic rings. The topological polar surface area (TPSA) is 58.8 Å². The third kappa shape index (κ3) is 5.66. The Morgan fingerprint density at radius 2 is 1.74 bits per heavy atom. The predicted molar refractivity (Wildman–Crippen MR) is 119 cm³/mol. The van der Waals surface area contributed by atoms with Crippen molar-refractivity contribution in [1.82, 2.24) is 14.8 Å². The molecule has 0 aliphatic carbocycles. The molecule has 2 aromatic carbocycles. The molecule has 3 aromatic rings. The molecule has 1 aromatic heterocycles. The average Bonchev–Trinajstić information content (AvgIpc) is 3.32. The molecule has 1 atom stereocenters. The summed E-state index contributed by atoms with van der Waals surface area (Å²) < 4.78 is 51.7. The van der Waals surface area contributed by atoms with Crippen molar-refractivity contribution in [3.8, 4) is 0 Å². The first-order valence-corrected chi connectivity index (χ1v) is 11.1. The molecule has 9 heteroatoms. The van der Waals surface area contributed by atoms with Crippen LogP contribution in [0.1, 0.15) is 46.0 Å². The SMILES string of the molecule is C[C@H](c1ccccc1)N(Cc1nc(C(=O)N2CCOCC2)co1)Cc1ccccc1C(F)(F)F. The van der Waals surface area contributed by atoms with Crippen LogP contribution in [0.2, 0.25) is 0 Å². The summed E-state index contributed by atoms with van der Waals surface area (Å²) in [5.74, 6) is 0.0206. The first kappa shape index (κ1) is 24.0. The van der Waals surface area contributed by atoms with Gasteiger partial charge in [-0.05, 0) is 24.1 Å². The van der Waals surface area contributed by atoms with E-state index in [0.29, 0.717) is 26.3 Å². The van der Waals surface area contributed by atoms with Crippen molar-refractivity contribution in [3.63, 3.8) is 0 Å². The molecule has 4 rings (SSSR count). The molecule has 0 spiro atoms. The van der Waals surface area contributed by atoms with E-state index in [1.807, 2.05) is 42.2 Å². The van der Waals surface area contributed by atoms with Crippen LogP contribution in [-0.4, -0.2) is 47.0 Å². The molecular weight excluding hydrogens is 447 g/mol. The van der Waals surface area contributed by atoms with Gasteiger partial charge in [-0.15, -0.1) is 0 Å². The smallest absolute Gasteiger partial charge is 0.416 e. The summed E-state index contributed by atoms with van der Waals surface area (Å²) in [6, 6.07) is 14.8. The number of rotatable bonds is 7. The van der Waals surface area contributed by atoms with Crippen molar-refractivity contribution in [2.24, 2.45) is 0 Å². The Morgan fingerprint density at radius 3 is 2.44 bits per heavy atom. The van der Waals surface area contributed by atoms with Gasteiger partial charge in [0, 0.05) is 25.7 Å². The lowest BCUT2D eigenvalue weighted by Gasteiger charge is -2.29. The molecule has 1 aliphatic heterocycles. The van der Waals surface area contributed by atoms with Gasteiger partial charge in [0.25, 0.3) is 5.91 Å². The van der Waals surface area contributed by atoms with E-state index < -0.39 is 11.7 Å². The van der Waals surface area contributed by atoms with Gasteiger partial charge in [0.15, 0.2) is 5.69 Å². The summed E-state index contributed by atoms with van der Waals surface area (Å²) in [5.41, 5.74) is 0.618. The van der Waals surface area contributed by atoms with Crippen LogP contribution in [0.3, 0.4) is 0 Å². The summed E-state index contributed by atoms with van der Waals surface area (Å²) >= 11 is 0. The Morgan fingerprint density at radius 1 is 1.06 bits per heavy atom. The number of amides is 1. The number of nitrogens with zero attached hydrogens (tertiary/aromatic N) is 3. The van der Waals surface area contributed by atoms with Crippen LogP contribution in [0.25, 0.3) is 0 Å². The Kier molecular flexibility index (Phi) is 7.33. The molecule has 1 fully saturated rings. The lowest BCUT2D eigenvalue weighted by molar-refractivity contribution is -0.138. The van der Waals surface area contributed by atoms with Crippen molar-refractivity contribution in [2.75, 3.05) is 26.3 Å². The van der Waals surface area contributed by atoms with Crippen LogP contribution >= 0.6 is 0 Å². The molecule has 0 unspecified atom stereocenters. The normalized spacial score (nSPS) is 15.5. The van der Waals surface area contributed by atoms with Gasteiger partial charge in [-0.25, -0.2) is 4.98 Å². The van der Waals surface area contributed by atoms with E-state index in [2.05, 4.69) is 4.98 Å². The van der Waals surface area contributed by atoms with Gasteiger partial charge in [0.2, 0.25) is 5.89 Å². The van der Waals surface area contributed by atoms with Crippen LogP contribution in [0.15, 0.2) is 65.3 Å². The third-order valence-corrected chi connectivity index (χ3v) is 5.93. The number of alkyl halides is 3. The standard InChI is InChI=1S/C25H26F3N3O3/c1-18(19-7-3-2-4-8-19)31(15-20-9-5-6-10-21(20)25(26,27)28)16-23-29-22(17-34-23)24(32)30-11-13-33-14-12-30/h2-10,17-18H,11-16H2,1H3/t18-/m1/s1. The molecule has 180 valence electrons. The third-order valence-electron chi connectivity index (χ3n) is 5.93. The number of ether oxygens (including phenoxy) is 1. The van der Waals surface area contributed by atoms with E-state index in [-0.39, 0.29) is 42.2 Å². The quantitative estimate of drug-likeness (QED) is 0.487. The summed E-state index contributed by atoms with van der Waals surface area (Å²) in [6.07, 6.45) is -3.15. The number of oxazole rings is 1. The summed E-state index contributed by atoms with van der Waals surface area (Å²) in [5, 5.41) is 0. The molecule has 1 saturated heterocycles. The molecular formula is C25H26F3N3O3. The highest BCUT2D eigenvalue weighted by molar-refractivity contribution is 5.92. The molecule has 34 heavy (non-hydrogen) atoms. The van der Waals surface area contributed by atoms with Gasteiger partial charge >= 0.3 is 6.18 Å². The minimum atomic E-state index is -4.46. The maximum atomic E-state index is 13.6. The molecule has 0 bridgehead atoms. The molecule has 1 amide bonds. The Hall–Kier alpha value is -3.17. The first-order valence-electron chi connectivity index (χ1n) is 11.1. The van der Waals surface area contributed by atoms with E-state index in [1.165, 1.54) is 18.4 Å². The van der Waals surface area contributed by atoms with Gasteiger partial charge in [-0.2, -0.15) is 13.2 Å². The van der Waals surface area contributed by atoms with Crippen LogP contribution in [-0.2, 0) is 24.0 Å². The van der Waals surface area contributed by atoms with Crippen molar-refractivity contribution >= 4 is 5.91 Å². The van der Waals surface area contributed by atoms with Crippen LogP contribution in [0, 0.1) is 0 Å². The summed E-state index contributed by atoms with van der Waals surface area (Å²) in [7, 11) is 0. The highest BCUT2D eigenvalue weighted by atomic mass is 19.4. The highest BCUT2D eigenvalue weighted by Crippen LogP contribution is 2.34. The van der Waals surface area contributed by atoms with Crippen molar-refractivity contribution in [2.45, 2.75) is 32.2 Å². The Labute approximate surface area is 195 Å². The predicted octanol–water partition coefficient (Wildman–Crippen LogP) is 4.93. The van der Waals surface area contributed by atoms with E-state index in [4.69, 9.17) is 9.15 Å². The number of hydrogen-bond acceptors (Lipinski definition) is 5. The molecule has 2 heterocycles. The summed E-state index contributed by atoms with van der Waals surface area (Å²) in [4.78, 5) is 20.6. The lowest BCUT2D eigenvalue weighted by atomic mass is 10.0. The molecule has 0 saturated carbocycles. The zero-order valence-electron chi connectivity index (χ0n) is 18.8. The van der Waals surface area contributed by atoms with Crippen molar-refractivity contribution in [3.05, 3.63) is 89.1 Å². The maximum absolute atomic E-state index is 13.6. The maximum Gasteiger partial charge on any atom is 0.416 e. The number of morpholine rings is 1. The second-order valence-electron chi connectivity index (χ2n) is 8.18. The lowest BCUT2D eigenvalue weighted by Crippen LogP contribution is -2.40. The van der Waals surface area contributed by atoms with Crippen molar-refractivity contribution in [1.29, 1.82) is 0 Å². The number of hydrogen-bond donors (Lipinski definition) is 0. The van der Waals surface area contributed by atoms with Gasteiger partial charge in [-0.3, -0.25) is 9.69 Å². The zero-order chi connectivity index (χ0) is 24.1. The number of halogens is 3. The fourth-order valence-corrected chi connectivity index (χ4v) is 4.01. The monoisotopic (exact) mass is 473 g/mol. The van der Waals surface area contributed by atoms with E-state index in [0.717, 1.165) is 11.6 Å². The van der Waals surface area contributed by atoms with Crippen molar-refractivity contribution < 1.29 is 27.1 Å². The van der Waals surface area contributed by atoms with E-state index >= 15 is 0 Å². The highest BCUT2D eigenvalue weighted by Gasteiger charge is 2.34. The first-order chi connectivity index (χ1) is 16.3. The fraction of sp³-hybridized carbons (Fsp3) is 0.360. The second kappa shape index (κ2) is 10.4. The molecule has 0 N–H and O–H groups in total. The minimum Gasteiger partial charge on any atom is -0.447 e. The Balaban J connectivity index is 1.59. The van der Waals surface area contributed by atoms with E-state index in [1.54, 1.807) is 11.0 Å². The molecule has 0 radical (unpaired) electrons. The number of carbonyl (C=O) groups excluding carboxylic acids is 1. The number of aromatic nitrogens is 1. The second-order valence-corrected chi connectivity index (χ2v) is 8.18. The van der Waals surface area contributed by atoms with Gasteiger partial charge in [0.05, 0.1) is 25.3 Å². The summed E-state index contributed by atoms with van der Waals surface area (Å²) in [6.45, 7) is 3.99. The van der Waals surface area contributed by atoms with Crippen LogP contribution < -0.4 is 0 Å². The average molecular weight is 473 g/mol. The molecule has 6 nitrogen and oxygen atoms in total. The van der Waals surface area contributed by atoms with Gasteiger partial charge < -0.3 is 14.1 Å². The van der Waals surface area contributed by atoms with Crippen LogP contribution in [0.4, 0.5) is 13.2 Å². The number of benzene rings is 2. The Bertz CT molecular complexity index is 1100.